The molecule has 1 heterocycles. The highest BCUT2D eigenvalue weighted by Gasteiger charge is 2.34. The largest absolute Gasteiger partial charge is 0.451 e. The summed E-state index contributed by atoms with van der Waals surface area (Å²) in [5, 5.41) is 0. The molecule has 0 amide bonds. The minimum Gasteiger partial charge on any atom is -0.233 e. The summed E-state index contributed by atoms with van der Waals surface area (Å²) in [7, 11) is 0. The highest BCUT2D eigenvalue weighted by atomic mass is 19.4. The van der Waals surface area contributed by atoms with E-state index < -0.39 is 12.0 Å². The van der Waals surface area contributed by atoms with Crippen molar-refractivity contribution in [1.82, 2.24) is 9.97 Å². The van der Waals surface area contributed by atoms with Crippen LogP contribution in [0.15, 0.2) is 12.4 Å². The molecule has 0 aliphatic heterocycles. The number of aromatic nitrogens is 2. The van der Waals surface area contributed by atoms with Crippen molar-refractivity contribution in [3.63, 3.8) is 0 Å². The van der Waals surface area contributed by atoms with E-state index in [1.807, 2.05) is 6.92 Å². The highest BCUT2D eigenvalue weighted by Crippen LogP contribution is 2.25. The number of rotatable bonds is 2. The van der Waals surface area contributed by atoms with Crippen LogP contribution in [-0.2, 0) is 22.2 Å². The maximum atomic E-state index is 12.0. The summed E-state index contributed by atoms with van der Waals surface area (Å²) in [5.41, 5.74) is 0.732. The molecule has 16 heavy (non-hydrogen) atoms. The topological polar surface area (TPSA) is 59.9 Å². The van der Waals surface area contributed by atoms with Gasteiger partial charge in [0, 0.05) is 12.4 Å². The van der Waals surface area contributed by atoms with Crippen molar-refractivity contribution in [2.45, 2.75) is 25.9 Å². The fraction of sp³-hybridized carbons (Fsp3) is 0.444. The highest BCUT2D eigenvalue weighted by molar-refractivity contribution is 5.20. The van der Waals surface area contributed by atoms with Crippen LogP contribution in [-0.4, -0.2) is 16.1 Å². The van der Waals surface area contributed by atoms with E-state index in [1.165, 1.54) is 12.4 Å². The van der Waals surface area contributed by atoms with Gasteiger partial charge in [0.25, 0.3) is 0 Å². The summed E-state index contributed by atoms with van der Waals surface area (Å²) < 4.78 is 35.9. The third-order valence-electron chi connectivity index (χ3n) is 1.50. The molecule has 0 N–H and O–H groups in total. The van der Waals surface area contributed by atoms with Crippen LogP contribution in [0.1, 0.15) is 24.7 Å². The first-order valence-corrected chi connectivity index (χ1v) is 4.33. The van der Waals surface area contributed by atoms with Crippen molar-refractivity contribution in [3.05, 3.63) is 23.8 Å². The van der Waals surface area contributed by atoms with Gasteiger partial charge in [-0.3, -0.25) is 0 Å². The van der Waals surface area contributed by atoms with E-state index in [9.17, 15) is 13.2 Å². The van der Waals surface area contributed by atoms with Gasteiger partial charge in [0.1, 0.15) is 0 Å². The number of alkyl halides is 3. The third kappa shape index (κ3) is 5.21. The Kier molecular flexibility index (Phi) is 5.95. The maximum Gasteiger partial charge on any atom is 0.451 e. The Labute approximate surface area is 89.5 Å². The average molecular weight is 234 g/mol. The van der Waals surface area contributed by atoms with E-state index in [2.05, 4.69) is 9.97 Å². The van der Waals surface area contributed by atoms with E-state index in [1.54, 1.807) is 0 Å². The number of hydrogen-bond acceptors (Lipinski definition) is 4. The van der Waals surface area contributed by atoms with Gasteiger partial charge in [-0.2, -0.15) is 22.8 Å². The number of carbonyl (C=O) groups excluding carboxylic acids is 2. The van der Waals surface area contributed by atoms with Crippen LogP contribution in [0.2, 0.25) is 0 Å². The molecule has 0 saturated carbocycles. The van der Waals surface area contributed by atoms with Gasteiger partial charge in [0.15, 0.2) is 0 Å². The molecule has 0 fully saturated rings. The Morgan fingerprint density at radius 3 is 2.00 bits per heavy atom. The van der Waals surface area contributed by atoms with Crippen molar-refractivity contribution in [1.29, 1.82) is 0 Å². The lowest BCUT2D eigenvalue weighted by molar-refractivity contribution is -0.191. The molecule has 1 aromatic rings. The fourth-order valence-corrected chi connectivity index (χ4v) is 0.919. The zero-order chi connectivity index (χ0) is 12.6. The van der Waals surface area contributed by atoms with Crippen LogP contribution in [0.5, 0.6) is 0 Å². The molecule has 0 unspecified atom stereocenters. The summed E-state index contributed by atoms with van der Waals surface area (Å²) >= 11 is 0. The van der Waals surface area contributed by atoms with E-state index in [-0.39, 0.29) is 6.15 Å². The van der Waals surface area contributed by atoms with Gasteiger partial charge in [0.2, 0.25) is 5.82 Å². The molecule has 0 atom stereocenters. The quantitative estimate of drug-likeness (QED) is 0.783. The van der Waals surface area contributed by atoms with Crippen molar-refractivity contribution < 1.29 is 22.8 Å². The Bertz CT molecular complexity index is 343. The molecule has 88 valence electrons. The zero-order valence-electron chi connectivity index (χ0n) is 8.41. The number of halogens is 3. The van der Waals surface area contributed by atoms with Crippen LogP contribution in [0.4, 0.5) is 13.2 Å². The second-order valence-corrected chi connectivity index (χ2v) is 2.75. The van der Waals surface area contributed by atoms with Gasteiger partial charge < -0.3 is 0 Å². The number of hydrogen-bond donors (Lipinski definition) is 0. The lowest BCUT2D eigenvalue weighted by atomic mass is 10.2. The predicted molar refractivity (Wildman–Crippen MR) is 46.0 cm³/mol. The molecule has 0 spiro atoms. The minimum atomic E-state index is -4.44. The molecule has 4 nitrogen and oxygen atoms in total. The van der Waals surface area contributed by atoms with Gasteiger partial charge in [-0.1, -0.05) is 13.3 Å². The molecule has 0 aliphatic rings. The van der Waals surface area contributed by atoms with Gasteiger partial charge >= 0.3 is 12.3 Å². The lowest BCUT2D eigenvalue weighted by Crippen LogP contribution is -2.10. The molecule has 0 saturated heterocycles. The molecule has 1 aromatic heterocycles. The second-order valence-electron chi connectivity index (χ2n) is 2.75. The molecule has 7 heteroatoms. The van der Waals surface area contributed by atoms with Gasteiger partial charge in [0.05, 0.1) is 0 Å². The molecule has 0 bridgehead atoms. The minimum absolute atomic E-state index is 0.250. The molecule has 0 radical (unpaired) electrons. The van der Waals surface area contributed by atoms with E-state index in [0.717, 1.165) is 12.0 Å². The Morgan fingerprint density at radius 1 is 1.25 bits per heavy atom. The predicted octanol–water partition coefficient (Wildman–Crippen LogP) is 1.86. The van der Waals surface area contributed by atoms with Crippen molar-refractivity contribution in [2.24, 2.45) is 0 Å². The fourth-order valence-electron chi connectivity index (χ4n) is 0.919. The summed E-state index contributed by atoms with van der Waals surface area (Å²) in [6.45, 7) is 1.94. The Balaban J connectivity index is 0.000000673. The van der Waals surface area contributed by atoms with E-state index in [0.29, 0.717) is 6.42 Å². The summed E-state index contributed by atoms with van der Waals surface area (Å²) in [6.07, 6.45) is -0.170. The SMILES string of the molecule is CCCc1cnc(C(F)(F)F)nc1.O=C=O. The number of aryl methyl sites for hydroxylation is 1. The second kappa shape index (κ2) is 6.68. The van der Waals surface area contributed by atoms with Gasteiger partial charge in [-0.15, -0.1) is 0 Å². The summed E-state index contributed by atoms with van der Waals surface area (Å²) in [5.74, 6) is -1.08. The van der Waals surface area contributed by atoms with E-state index >= 15 is 0 Å². The van der Waals surface area contributed by atoms with Crippen molar-refractivity contribution in [3.8, 4) is 0 Å². The van der Waals surface area contributed by atoms with Crippen molar-refractivity contribution >= 4 is 6.15 Å². The molecule has 0 aromatic carbocycles. The molecule has 1 rings (SSSR count). The van der Waals surface area contributed by atoms with Crippen LogP contribution in [0.3, 0.4) is 0 Å². The van der Waals surface area contributed by atoms with Crippen LogP contribution in [0, 0.1) is 0 Å². The summed E-state index contributed by atoms with van der Waals surface area (Å²) in [6, 6.07) is 0. The third-order valence-corrected chi connectivity index (χ3v) is 1.50. The van der Waals surface area contributed by atoms with Crippen LogP contribution < -0.4 is 0 Å². The number of nitrogens with zero attached hydrogens (tertiary/aromatic N) is 2. The lowest BCUT2D eigenvalue weighted by Gasteiger charge is -2.04. The first-order chi connectivity index (χ1) is 7.45. The standard InChI is InChI=1S/C8H9F3N2.CO2/c1-2-3-6-4-12-7(13-5-6)8(9,10)11;2-1-3/h4-5H,2-3H2,1H3;. The zero-order valence-corrected chi connectivity index (χ0v) is 8.41. The summed E-state index contributed by atoms with van der Waals surface area (Å²) in [4.78, 5) is 22.7. The smallest absolute Gasteiger partial charge is 0.233 e. The van der Waals surface area contributed by atoms with Gasteiger partial charge in [-0.25, -0.2) is 9.97 Å². The Morgan fingerprint density at radius 2 is 1.69 bits per heavy atom. The first-order valence-electron chi connectivity index (χ1n) is 4.33. The van der Waals surface area contributed by atoms with Crippen molar-refractivity contribution in [2.75, 3.05) is 0 Å². The first kappa shape index (κ1) is 14.2. The Hall–Kier alpha value is -1.75. The molecular weight excluding hydrogens is 225 g/mol. The van der Waals surface area contributed by atoms with E-state index in [4.69, 9.17) is 9.59 Å². The van der Waals surface area contributed by atoms with Gasteiger partial charge in [-0.05, 0) is 12.0 Å². The average Bonchev–Trinajstić information content (AvgIpc) is 2.19. The molecular formula is C9H9F3N2O2. The van der Waals surface area contributed by atoms with Crippen LogP contribution >= 0.6 is 0 Å². The normalized spacial score (nSPS) is 10.0. The maximum absolute atomic E-state index is 12.0. The molecule has 0 aliphatic carbocycles. The van der Waals surface area contributed by atoms with Crippen LogP contribution in [0.25, 0.3) is 0 Å². The monoisotopic (exact) mass is 234 g/mol.